The van der Waals surface area contributed by atoms with Crippen LogP contribution in [0.4, 0.5) is 5.69 Å². The highest BCUT2D eigenvalue weighted by molar-refractivity contribution is 14.1. The molecule has 0 spiro atoms. The molecule has 0 aliphatic carbocycles. The molecule has 0 atom stereocenters. The highest BCUT2D eigenvalue weighted by Crippen LogP contribution is 2.23. The fourth-order valence-electron chi connectivity index (χ4n) is 2.37. The van der Waals surface area contributed by atoms with Crippen molar-refractivity contribution >= 4 is 45.8 Å². The summed E-state index contributed by atoms with van der Waals surface area (Å²) in [5.41, 5.74) is 3.24. The number of rotatable bonds is 4. The van der Waals surface area contributed by atoms with Crippen LogP contribution in [0.3, 0.4) is 0 Å². The Morgan fingerprint density at radius 1 is 1.08 bits per heavy atom. The largest absolute Gasteiger partial charge is 0.465 e. The van der Waals surface area contributed by atoms with Crippen molar-refractivity contribution in [2.45, 2.75) is 6.92 Å². The van der Waals surface area contributed by atoms with E-state index in [4.69, 9.17) is 4.42 Å². The zero-order valence-corrected chi connectivity index (χ0v) is 15.3. The topological polar surface area (TPSA) is 42.2 Å². The Hall–Kier alpha value is -2.34. The van der Waals surface area contributed by atoms with Gasteiger partial charge in [-0.05, 0) is 77.0 Å². The normalized spacial score (nSPS) is 11.3. The SMILES string of the molecule is Cc1cc(I)ccc1NC(=O)/C(=C/c1ccco1)c1ccccc1. The number of aryl methyl sites for hydroxylation is 1. The van der Waals surface area contributed by atoms with E-state index in [2.05, 4.69) is 27.9 Å². The molecular weight excluding hydrogens is 413 g/mol. The molecule has 120 valence electrons. The van der Waals surface area contributed by atoms with Gasteiger partial charge in [-0.25, -0.2) is 0 Å². The minimum atomic E-state index is -0.165. The first-order valence-electron chi connectivity index (χ1n) is 7.51. The molecule has 3 aromatic rings. The Labute approximate surface area is 154 Å². The number of anilines is 1. The van der Waals surface area contributed by atoms with Crippen molar-refractivity contribution < 1.29 is 9.21 Å². The second kappa shape index (κ2) is 7.49. The van der Waals surface area contributed by atoms with Crippen LogP contribution in [0.2, 0.25) is 0 Å². The maximum atomic E-state index is 12.9. The van der Waals surface area contributed by atoms with Crippen molar-refractivity contribution in [3.8, 4) is 0 Å². The van der Waals surface area contributed by atoms with E-state index in [1.807, 2.05) is 61.5 Å². The molecule has 0 fully saturated rings. The second-order valence-corrected chi connectivity index (χ2v) is 6.60. The number of carbonyl (C=O) groups is 1. The summed E-state index contributed by atoms with van der Waals surface area (Å²) in [4.78, 5) is 12.9. The first-order chi connectivity index (χ1) is 11.6. The van der Waals surface area contributed by atoms with Gasteiger partial charge in [0.25, 0.3) is 5.91 Å². The van der Waals surface area contributed by atoms with E-state index in [0.29, 0.717) is 11.3 Å². The van der Waals surface area contributed by atoms with Crippen LogP contribution in [0, 0.1) is 10.5 Å². The van der Waals surface area contributed by atoms with Crippen LogP contribution in [0.25, 0.3) is 11.6 Å². The number of furan rings is 1. The van der Waals surface area contributed by atoms with Gasteiger partial charge in [-0.15, -0.1) is 0 Å². The average Bonchev–Trinajstić information content (AvgIpc) is 3.09. The summed E-state index contributed by atoms with van der Waals surface area (Å²) in [6, 6.07) is 19.1. The third-order valence-corrected chi connectivity index (χ3v) is 4.27. The third kappa shape index (κ3) is 3.94. The predicted molar refractivity (Wildman–Crippen MR) is 106 cm³/mol. The number of halogens is 1. The standard InChI is InChI=1S/C20H16INO2/c1-14-12-16(21)9-10-19(14)22-20(23)18(13-17-8-5-11-24-17)15-6-3-2-4-7-15/h2-13H,1H3,(H,22,23)/b18-13+. The molecule has 0 unspecified atom stereocenters. The van der Waals surface area contributed by atoms with Gasteiger partial charge < -0.3 is 9.73 Å². The quantitative estimate of drug-likeness (QED) is 0.448. The molecule has 4 heteroatoms. The summed E-state index contributed by atoms with van der Waals surface area (Å²) in [6.07, 6.45) is 3.35. The van der Waals surface area contributed by atoms with Gasteiger partial charge in [0, 0.05) is 9.26 Å². The van der Waals surface area contributed by atoms with E-state index in [1.54, 1.807) is 18.4 Å². The zero-order valence-electron chi connectivity index (χ0n) is 13.1. The van der Waals surface area contributed by atoms with Crippen molar-refractivity contribution in [1.82, 2.24) is 0 Å². The van der Waals surface area contributed by atoms with Crippen molar-refractivity contribution in [2.24, 2.45) is 0 Å². The van der Waals surface area contributed by atoms with Gasteiger partial charge in [0.15, 0.2) is 0 Å². The van der Waals surface area contributed by atoms with Crippen LogP contribution in [0.15, 0.2) is 71.3 Å². The van der Waals surface area contributed by atoms with Crippen LogP contribution in [-0.2, 0) is 4.79 Å². The van der Waals surface area contributed by atoms with Crippen molar-refractivity contribution in [3.05, 3.63) is 87.4 Å². The van der Waals surface area contributed by atoms with Crippen LogP contribution >= 0.6 is 22.6 Å². The lowest BCUT2D eigenvalue weighted by atomic mass is 10.0. The number of nitrogens with one attached hydrogen (secondary N) is 1. The molecule has 24 heavy (non-hydrogen) atoms. The van der Waals surface area contributed by atoms with Gasteiger partial charge in [0.2, 0.25) is 0 Å². The van der Waals surface area contributed by atoms with E-state index < -0.39 is 0 Å². The molecule has 2 aromatic carbocycles. The molecular formula is C20H16INO2. The van der Waals surface area contributed by atoms with Gasteiger partial charge in [-0.1, -0.05) is 30.3 Å². The monoisotopic (exact) mass is 429 g/mol. The lowest BCUT2D eigenvalue weighted by molar-refractivity contribution is -0.111. The van der Waals surface area contributed by atoms with Crippen LogP contribution in [-0.4, -0.2) is 5.91 Å². The van der Waals surface area contributed by atoms with E-state index in [0.717, 1.165) is 20.4 Å². The minimum Gasteiger partial charge on any atom is -0.465 e. The first kappa shape index (κ1) is 16.5. The molecule has 1 heterocycles. The minimum absolute atomic E-state index is 0.165. The Balaban J connectivity index is 1.95. The summed E-state index contributed by atoms with van der Waals surface area (Å²) in [5, 5.41) is 3.00. The third-order valence-electron chi connectivity index (χ3n) is 3.60. The number of hydrogen-bond donors (Lipinski definition) is 1. The van der Waals surface area contributed by atoms with Crippen LogP contribution in [0.5, 0.6) is 0 Å². The number of carbonyl (C=O) groups excluding carboxylic acids is 1. The second-order valence-electron chi connectivity index (χ2n) is 5.35. The van der Waals surface area contributed by atoms with Gasteiger partial charge in [-0.3, -0.25) is 4.79 Å². The van der Waals surface area contributed by atoms with Crippen molar-refractivity contribution in [2.75, 3.05) is 5.32 Å². The Kier molecular flexibility index (Phi) is 5.15. The molecule has 1 amide bonds. The predicted octanol–water partition coefficient (Wildman–Crippen LogP) is 5.37. The highest BCUT2D eigenvalue weighted by Gasteiger charge is 2.14. The fourth-order valence-corrected chi connectivity index (χ4v) is 3.02. The fraction of sp³-hybridized carbons (Fsp3) is 0.0500. The Morgan fingerprint density at radius 3 is 2.54 bits per heavy atom. The molecule has 0 saturated carbocycles. The first-order valence-corrected chi connectivity index (χ1v) is 8.59. The molecule has 0 aliphatic rings. The lowest BCUT2D eigenvalue weighted by Crippen LogP contribution is -2.14. The van der Waals surface area contributed by atoms with Gasteiger partial charge in [0.1, 0.15) is 5.76 Å². The van der Waals surface area contributed by atoms with Crippen LogP contribution in [0.1, 0.15) is 16.9 Å². The summed E-state index contributed by atoms with van der Waals surface area (Å²) in [7, 11) is 0. The highest BCUT2D eigenvalue weighted by atomic mass is 127. The van der Waals surface area contributed by atoms with Gasteiger partial charge >= 0.3 is 0 Å². The van der Waals surface area contributed by atoms with Gasteiger partial charge in [0.05, 0.1) is 11.8 Å². The van der Waals surface area contributed by atoms with Crippen molar-refractivity contribution in [1.29, 1.82) is 0 Å². The molecule has 0 saturated heterocycles. The number of hydrogen-bond acceptors (Lipinski definition) is 2. The van der Waals surface area contributed by atoms with Gasteiger partial charge in [-0.2, -0.15) is 0 Å². The molecule has 1 N–H and O–H groups in total. The maximum Gasteiger partial charge on any atom is 0.256 e. The lowest BCUT2D eigenvalue weighted by Gasteiger charge is -2.11. The summed E-state index contributed by atoms with van der Waals surface area (Å²) in [6.45, 7) is 1.98. The summed E-state index contributed by atoms with van der Waals surface area (Å²) in [5.74, 6) is 0.477. The maximum absolute atomic E-state index is 12.9. The summed E-state index contributed by atoms with van der Waals surface area (Å²) >= 11 is 2.26. The average molecular weight is 429 g/mol. The van der Waals surface area contributed by atoms with E-state index in [1.165, 1.54) is 0 Å². The zero-order chi connectivity index (χ0) is 16.9. The van der Waals surface area contributed by atoms with E-state index in [9.17, 15) is 4.79 Å². The van der Waals surface area contributed by atoms with Crippen LogP contribution < -0.4 is 5.32 Å². The molecule has 0 bridgehead atoms. The number of benzene rings is 2. The summed E-state index contributed by atoms with van der Waals surface area (Å²) < 4.78 is 6.50. The molecule has 0 radical (unpaired) electrons. The number of amides is 1. The molecule has 1 aromatic heterocycles. The van der Waals surface area contributed by atoms with E-state index >= 15 is 0 Å². The smallest absolute Gasteiger partial charge is 0.256 e. The molecule has 3 rings (SSSR count). The van der Waals surface area contributed by atoms with Crippen molar-refractivity contribution in [3.63, 3.8) is 0 Å². The molecule has 3 nitrogen and oxygen atoms in total. The van der Waals surface area contributed by atoms with E-state index in [-0.39, 0.29) is 5.91 Å². The Bertz CT molecular complexity index is 868. The Morgan fingerprint density at radius 2 is 1.88 bits per heavy atom. The molecule has 0 aliphatic heterocycles.